The van der Waals surface area contributed by atoms with Crippen LogP contribution in [-0.2, 0) is 4.79 Å². The number of carbonyl (C=O) groups excluding carboxylic acids is 2. The van der Waals surface area contributed by atoms with Crippen LogP contribution in [0.3, 0.4) is 0 Å². The molecule has 0 unspecified atom stereocenters. The maximum atomic E-state index is 12.8. The number of hydrogen-bond acceptors (Lipinski definition) is 3. The quantitative estimate of drug-likeness (QED) is 0.766. The van der Waals surface area contributed by atoms with Crippen molar-refractivity contribution in [2.75, 3.05) is 38.0 Å². The molecular formula is C24H32N3O3+. The molecule has 0 bridgehead atoms. The van der Waals surface area contributed by atoms with Gasteiger partial charge in [-0.2, -0.15) is 0 Å². The second-order valence-electron chi connectivity index (χ2n) is 8.22. The fourth-order valence-electron chi connectivity index (χ4n) is 3.76. The number of piperazine rings is 1. The summed E-state index contributed by atoms with van der Waals surface area (Å²) >= 11 is 0. The predicted molar refractivity (Wildman–Crippen MR) is 118 cm³/mol. The van der Waals surface area contributed by atoms with E-state index in [0.29, 0.717) is 25.2 Å². The molecule has 1 saturated heterocycles. The van der Waals surface area contributed by atoms with Crippen LogP contribution in [0, 0.1) is 13.8 Å². The molecule has 160 valence electrons. The monoisotopic (exact) mass is 410 g/mol. The van der Waals surface area contributed by atoms with E-state index < -0.39 is 0 Å². The molecule has 2 amide bonds. The van der Waals surface area contributed by atoms with Crippen molar-refractivity contribution in [2.45, 2.75) is 33.8 Å². The Morgan fingerprint density at radius 3 is 2.20 bits per heavy atom. The van der Waals surface area contributed by atoms with Crippen LogP contribution >= 0.6 is 0 Å². The number of ether oxygens (including phenoxy) is 1. The number of nitrogens with zero attached hydrogens (tertiary/aromatic N) is 1. The molecule has 6 heteroatoms. The first-order valence-electron chi connectivity index (χ1n) is 10.6. The third-order valence-corrected chi connectivity index (χ3v) is 5.39. The number of rotatable bonds is 6. The standard InChI is InChI=1S/C24H31N3O3/c1-17(2)30-21-10-8-20(9-11-21)24(29)27-14-12-26(13-15-27)16-22(28)25-23-18(3)6-5-7-19(23)4/h5-11,17H,12-16H2,1-4H3,(H,25,28)/p+1. The number of anilines is 1. The van der Waals surface area contributed by atoms with E-state index >= 15 is 0 Å². The molecule has 1 fully saturated rings. The van der Waals surface area contributed by atoms with Gasteiger partial charge < -0.3 is 19.9 Å². The van der Waals surface area contributed by atoms with Crippen molar-refractivity contribution in [3.8, 4) is 5.75 Å². The van der Waals surface area contributed by atoms with Crippen LogP contribution in [0.25, 0.3) is 0 Å². The zero-order valence-electron chi connectivity index (χ0n) is 18.3. The van der Waals surface area contributed by atoms with Crippen LogP contribution in [0.5, 0.6) is 5.75 Å². The lowest BCUT2D eigenvalue weighted by molar-refractivity contribution is -0.895. The van der Waals surface area contributed by atoms with Gasteiger partial charge in [-0.05, 0) is 63.1 Å². The number of hydrogen-bond donors (Lipinski definition) is 2. The highest BCUT2D eigenvalue weighted by molar-refractivity contribution is 5.94. The molecule has 1 aliphatic rings. The summed E-state index contributed by atoms with van der Waals surface area (Å²) in [5, 5.41) is 3.05. The highest BCUT2D eigenvalue weighted by atomic mass is 16.5. The van der Waals surface area contributed by atoms with Crippen molar-refractivity contribution in [1.29, 1.82) is 0 Å². The minimum absolute atomic E-state index is 0.0166. The summed E-state index contributed by atoms with van der Waals surface area (Å²) < 4.78 is 5.64. The van der Waals surface area contributed by atoms with Gasteiger partial charge in [0.25, 0.3) is 11.8 Å². The van der Waals surface area contributed by atoms with E-state index in [0.717, 1.165) is 35.7 Å². The molecule has 0 spiro atoms. The van der Waals surface area contributed by atoms with Crippen LogP contribution in [0.4, 0.5) is 5.69 Å². The summed E-state index contributed by atoms with van der Waals surface area (Å²) in [4.78, 5) is 28.3. The SMILES string of the molecule is Cc1cccc(C)c1NC(=O)C[NH+]1CCN(C(=O)c2ccc(OC(C)C)cc2)CC1. The first-order valence-corrected chi connectivity index (χ1v) is 10.6. The van der Waals surface area contributed by atoms with Crippen molar-refractivity contribution in [2.24, 2.45) is 0 Å². The van der Waals surface area contributed by atoms with Crippen molar-refractivity contribution in [3.05, 3.63) is 59.2 Å². The van der Waals surface area contributed by atoms with Crippen LogP contribution in [0.1, 0.15) is 35.3 Å². The first kappa shape index (κ1) is 21.8. The van der Waals surface area contributed by atoms with Crippen molar-refractivity contribution in [3.63, 3.8) is 0 Å². The Balaban J connectivity index is 1.49. The lowest BCUT2D eigenvalue weighted by atomic mass is 10.1. The molecule has 1 aliphatic heterocycles. The molecule has 2 aromatic rings. The lowest BCUT2D eigenvalue weighted by Gasteiger charge is -2.32. The van der Waals surface area contributed by atoms with Crippen LogP contribution in [0.15, 0.2) is 42.5 Å². The van der Waals surface area contributed by atoms with Gasteiger partial charge in [-0.25, -0.2) is 0 Å². The Morgan fingerprint density at radius 1 is 1.03 bits per heavy atom. The number of aryl methyl sites for hydroxylation is 2. The number of para-hydroxylation sites is 1. The van der Waals surface area contributed by atoms with Crippen molar-refractivity contribution >= 4 is 17.5 Å². The van der Waals surface area contributed by atoms with Gasteiger partial charge in [0.05, 0.1) is 32.3 Å². The van der Waals surface area contributed by atoms with Gasteiger partial charge in [0.1, 0.15) is 5.75 Å². The number of benzene rings is 2. The van der Waals surface area contributed by atoms with Crippen molar-refractivity contribution < 1.29 is 19.2 Å². The number of nitrogens with one attached hydrogen (secondary N) is 2. The molecule has 2 aromatic carbocycles. The second-order valence-corrected chi connectivity index (χ2v) is 8.22. The Hall–Kier alpha value is -2.86. The third-order valence-electron chi connectivity index (χ3n) is 5.39. The molecule has 0 atom stereocenters. The van der Waals surface area contributed by atoms with Gasteiger partial charge in [0, 0.05) is 11.3 Å². The molecular weight excluding hydrogens is 378 g/mol. The fourth-order valence-corrected chi connectivity index (χ4v) is 3.76. The molecule has 30 heavy (non-hydrogen) atoms. The Bertz CT molecular complexity index is 865. The molecule has 3 rings (SSSR count). The molecule has 0 aliphatic carbocycles. The van der Waals surface area contributed by atoms with E-state index in [1.807, 2.05) is 75.1 Å². The maximum absolute atomic E-state index is 12.8. The van der Waals surface area contributed by atoms with Crippen LogP contribution in [0.2, 0.25) is 0 Å². The van der Waals surface area contributed by atoms with Gasteiger partial charge in [-0.15, -0.1) is 0 Å². The molecule has 2 N–H and O–H groups in total. The van der Waals surface area contributed by atoms with E-state index in [4.69, 9.17) is 4.74 Å². The number of carbonyl (C=O) groups is 2. The fraction of sp³-hybridized carbons (Fsp3) is 0.417. The molecule has 6 nitrogen and oxygen atoms in total. The zero-order chi connectivity index (χ0) is 21.7. The third kappa shape index (κ3) is 5.60. The van der Waals surface area contributed by atoms with Crippen LogP contribution < -0.4 is 15.0 Å². The minimum Gasteiger partial charge on any atom is -0.491 e. The summed E-state index contributed by atoms with van der Waals surface area (Å²) in [5.41, 5.74) is 3.71. The highest BCUT2D eigenvalue weighted by Crippen LogP contribution is 2.19. The molecule has 0 radical (unpaired) electrons. The Labute approximate surface area is 178 Å². The Kier molecular flexibility index (Phi) is 7.11. The summed E-state index contributed by atoms with van der Waals surface area (Å²) in [7, 11) is 0. The zero-order valence-corrected chi connectivity index (χ0v) is 18.3. The smallest absolute Gasteiger partial charge is 0.279 e. The van der Waals surface area contributed by atoms with E-state index in [1.54, 1.807) is 0 Å². The normalized spacial score (nSPS) is 14.6. The second kappa shape index (κ2) is 9.76. The number of amides is 2. The average molecular weight is 411 g/mol. The van der Waals surface area contributed by atoms with Gasteiger partial charge in [0.15, 0.2) is 6.54 Å². The highest BCUT2D eigenvalue weighted by Gasteiger charge is 2.26. The van der Waals surface area contributed by atoms with E-state index in [1.165, 1.54) is 4.90 Å². The van der Waals surface area contributed by atoms with E-state index in [9.17, 15) is 9.59 Å². The Morgan fingerprint density at radius 2 is 1.63 bits per heavy atom. The summed E-state index contributed by atoms with van der Waals surface area (Å²) in [6.45, 7) is 11.2. The maximum Gasteiger partial charge on any atom is 0.279 e. The molecule has 0 aromatic heterocycles. The topological polar surface area (TPSA) is 63.1 Å². The largest absolute Gasteiger partial charge is 0.491 e. The first-order chi connectivity index (χ1) is 14.3. The molecule has 1 heterocycles. The lowest BCUT2D eigenvalue weighted by Crippen LogP contribution is -3.15. The summed E-state index contributed by atoms with van der Waals surface area (Å²) in [5.74, 6) is 0.818. The van der Waals surface area contributed by atoms with Crippen molar-refractivity contribution in [1.82, 2.24) is 4.90 Å². The van der Waals surface area contributed by atoms with Gasteiger partial charge in [-0.1, -0.05) is 18.2 Å². The predicted octanol–water partition coefficient (Wildman–Crippen LogP) is 2.07. The van der Waals surface area contributed by atoms with Gasteiger partial charge in [-0.3, -0.25) is 9.59 Å². The van der Waals surface area contributed by atoms with E-state index in [2.05, 4.69) is 5.32 Å². The summed E-state index contributed by atoms with van der Waals surface area (Å²) in [6, 6.07) is 13.3. The minimum atomic E-state index is 0.0166. The van der Waals surface area contributed by atoms with Gasteiger partial charge >= 0.3 is 0 Å². The number of quaternary nitrogens is 1. The summed E-state index contributed by atoms with van der Waals surface area (Å²) in [6.07, 6.45) is 0.106. The average Bonchev–Trinajstić information content (AvgIpc) is 2.71. The van der Waals surface area contributed by atoms with Crippen LogP contribution in [-0.4, -0.2) is 55.5 Å². The van der Waals surface area contributed by atoms with E-state index in [-0.39, 0.29) is 17.9 Å². The van der Waals surface area contributed by atoms with Gasteiger partial charge in [0.2, 0.25) is 0 Å². The molecule has 0 saturated carbocycles.